The van der Waals surface area contributed by atoms with E-state index >= 15 is 0 Å². The Morgan fingerprint density at radius 2 is 2.22 bits per heavy atom. The molecule has 1 aromatic rings. The molecule has 0 radical (unpaired) electrons. The summed E-state index contributed by atoms with van der Waals surface area (Å²) in [6, 6.07) is 4.21. The molecular formula is C19H30N4O3S. The highest BCUT2D eigenvalue weighted by Crippen LogP contribution is 2.21. The largest absolute Gasteiger partial charge is 0.375 e. The van der Waals surface area contributed by atoms with Crippen LogP contribution in [0.4, 0.5) is 0 Å². The number of nitrogens with zero attached hydrogens (tertiary/aromatic N) is 3. The molecule has 0 aromatic carbocycles. The van der Waals surface area contributed by atoms with Gasteiger partial charge >= 0.3 is 0 Å². The molecule has 1 N–H and O–H groups in total. The highest BCUT2D eigenvalue weighted by atomic mass is 32.1. The van der Waals surface area contributed by atoms with E-state index in [2.05, 4.69) is 32.7 Å². The topological polar surface area (TPSA) is 66.4 Å². The van der Waals surface area contributed by atoms with Gasteiger partial charge in [-0.3, -0.25) is 4.79 Å². The average molecular weight is 395 g/mol. The zero-order chi connectivity index (χ0) is 19.1. The molecule has 1 amide bonds. The van der Waals surface area contributed by atoms with Gasteiger partial charge in [-0.15, -0.1) is 11.3 Å². The summed E-state index contributed by atoms with van der Waals surface area (Å²) in [5.41, 5.74) is 0. The summed E-state index contributed by atoms with van der Waals surface area (Å²) in [4.78, 5) is 21.7. The lowest BCUT2D eigenvalue weighted by Gasteiger charge is -2.37. The number of carbonyl (C=O) groups is 1. The van der Waals surface area contributed by atoms with Crippen molar-refractivity contribution in [3.8, 4) is 0 Å². The monoisotopic (exact) mass is 394 g/mol. The molecule has 2 saturated heterocycles. The number of amides is 1. The minimum absolute atomic E-state index is 0.00325. The first kappa shape index (κ1) is 20.1. The van der Waals surface area contributed by atoms with Crippen LogP contribution in [0.15, 0.2) is 22.5 Å². The number of rotatable bonds is 6. The Kier molecular flexibility index (Phi) is 7.49. The van der Waals surface area contributed by atoms with E-state index in [4.69, 9.17) is 9.47 Å². The molecule has 2 aliphatic rings. The van der Waals surface area contributed by atoms with Gasteiger partial charge in [-0.1, -0.05) is 6.07 Å². The van der Waals surface area contributed by atoms with Gasteiger partial charge < -0.3 is 24.6 Å². The fourth-order valence-corrected chi connectivity index (χ4v) is 4.00. The molecule has 0 bridgehead atoms. The Hall–Kier alpha value is -1.64. The lowest BCUT2D eigenvalue weighted by Crippen LogP contribution is -2.53. The normalized spacial score (nSPS) is 23.5. The van der Waals surface area contributed by atoms with Gasteiger partial charge in [-0.2, -0.15) is 0 Å². The molecule has 7 nitrogen and oxygen atoms in total. The van der Waals surface area contributed by atoms with Crippen LogP contribution in [0.1, 0.15) is 17.7 Å². The summed E-state index contributed by atoms with van der Waals surface area (Å²) >= 11 is 1.76. The molecule has 0 saturated carbocycles. The minimum atomic E-state index is -0.00325. The lowest BCUT2D eigenvalue weighted by atomic mass is 10.1. The van der Waals surface area contributed by atoms with E-state index in [-0.39, 0.29) is 24.7 Å². The predicted molar refractivity (Wildman–Crippen MR) is 107 cm³/mol. The maximum absolute atomic E-state index is 12.0. The van der Waals surface area contributed by atoms with Crippen LogP contribution in [0.25, 0.3) is 0 Å². The number of guanidine groups is 1. The molecule has 0 aliphatic carbocycles. The number of hydrogen-bond donors (Lipinski definition) is 1. The van der Waals surface area contributed by atoms with E-state index in [1.54, 1.807) is 30.3 Å². The third kappa shape index (κ3) is 5.92. The quantitative estimate of drug-likeness (QED) is 0.580. The van der Waals surface area contributed by atoms with Gasteiger partial charge in [0.05, 0.1) is 12.7 Å². The first-order valence-corrected chi connectivity index (χ1v) is 10.5. The van der Waals surface area contributed by atoms with Gasteiger partial charge in [0, 0.05) is 45.2 Å². The van der Waals surface area contributed by atoms with Crippen molar-refractivity contribution < 1.29 is 14.3 Å². The molecular weight excluding hydrogens is 364 g/mol. The molecule has 150 valence electrons. The molecule has 0 spiro atoms. The molecule has 1 aromatic heterocycles. The Bertz CT molecular complexity index is 614. The Morgan fingerprint density at radius 3 is 2.93 bits per heavy atom. The van der Waals surface area contributed by atoms with Crippen LogP contribution in [0.5, 0.6) is 0 Å². The van der Waals surface area contributed by atoms with Crippen molar-refractivity contribution in [3.05, 3.63) is 22.4 Å². The molecule has 3 heterocycles. The highest BCUT2D eigenvalue weighted by Gasteiger charge is 2.32. The van der Waals surface area contributed by atoms with Crippen LogP contribution in [0, 0.1) is 0 Å². The van der Waals surface area contributed by atoms with Gasteiger partial charge in [0.2, 0.25) is 5.91 Å². The SMILES string of the molecule is CN(C)C(=O)CN=C(NCCc1cccs1)N1CCOC(C2CCCO2)C1. The number of morpholine rings is 1. The van der Waals surface area contributed by atoms with Crippen molar-refractivity contribution in [1.82, 2.24) is 15.1 Å². The predicted octanol–water partition coefficient (Wildman–Crippen LogP) is 1.20. The number of nitrogens with one attached hydrogen (secondary N) is 1. The van der Waals surface area contributed by atoms with E-state index < -0.39 is 0 Å². The number of thiophene rings is 1. The van der Waals surface area contributed by atoms with Crippen molar-refractivity contribution in [2.75, 3.05) is 53.5 Å². The molecule has 3 rings (SSSR count). The van der Waals surface area contributed by atoms with Crippen LogP contribution < -0.4 is 5.32 Å². The Morgan fingerprint density at radius 1 is 1.37 bits per heavy atom. The van der Waals surface area contributed by atoms with Crippen molar-refractivity contribution in [1.29, 1.82) is 0 Å². The number of likely N-dealkylation sites (N-methyl/N-ethyl adjacent to an activating group) is 1. The summed E-state index contributed by atoms with van der Waals surface area (Å²) in [5.74, 6) is 0.782. The fraction of sp³-hybridized carbons (Fsp3) is 0.684. The van der Waals surface area contributed by atoms with Crippen molar-refractivity contribution >= 4 is 23.2 Å². The second-order valence-corrected chi connectivity index (χ2v) is 8.12. The Labute approximate surface area is 165 Å². The van der Waals surface area contributed by atoms with Gasteiger partial charge in [0.15, 0.2) is 5.96 Å². The van der Waals surface area contributed by atoms with Crippen molar-refractivity contribution in [2.45, 2.75) is 31.5 Å². The third-order valence-corrected chi connectivity index (χ3v) is 5.81. The van der Waals surface area contributed by atoms with Crippen LogP contribution >= 0.6 is 11.3 Å². The van der Waals surface area contributed by atoms with Gasteiger partial charge in [0.25, 0.3) is 0 Å². The molecule has 2 atom stereocenters. The molecule has 8 heteroatoms. The molecule has 2 unspecified atom stereocenters. The standard InChI is InChI=1S/C19H30N4O3S/c1-22(2)18(24)13-21-19(20-8-7-15-5-4-12-27-15)23-9-11-26-17(14-23)16-6-3-10-25-16/h4-5,12,16-17H,3,6-11,13-14H2,1-2H3,(H,20,21). The first-order valence-electron chi connectivity index (χ1n) is 9.62. The fourth-order valence-electron chi connectivity index (χ4n) is 3.29. The lowest BCUT2D eigenvalue weighted by molar-refractivity contribution is -0.127. The molecule has 27 heavy (non-hydrogen) atoms. The Balaban J connectivity index is 1.61. The summed E-state index contributed by atoms with van der Waals surface area (Å²) in [5, 5.41) is 5.54. The van der Waals surface area contributed by atoms with Crippen LogP contribution in [0.3, 0.4) is 0 Å². The van der Waals surface area contributed by atoms with E-state index in [9.17, 15) is 4.79 Å². The maximum Gasteiger partial charge on any atom is 0.243 e. The van der Waals surface area contributed by atoms with E-state index in [1.165, 1.54) is 4.88 Å². The van der Waals surface area contributed by atoms with E-state index in [0.717, 1.165) is 51.5 Å². The number of hydrogen-bond acceptors (Lipinski definition) is 5. The van der Waals surface area contributed by atoms with Crippen LogP contribution in [-0.2, 0) is 20.7 Å². The second kappa shape index (κ2) is 10.1. The van der Waals surface area contributed by atoms with Crippen molar-refractivity contribution in [2.24, 2.45) is 4.99 Å². The maximum atomic E-state index is 12.0. The summed E-state index contributed by atoms with van der Waals surface area (Å²) in [6.07, 6.45) is 3.33. The summed E-state index contributed by atoms with van der Waals surface area (Å²) < 4.78 is 11.8. The highest BCUT2D eigenvalue weighted by molar-refractivity contribution is 7.09. The van der Waals surface area contributed by atoms with Gasteiger partial charge in [0.1, 0.15) is 12.6 Å². The number of aliphatic imine (C=N–C) groups is 1. The number of carbonyl (C=O) groups excluding carboxylic acids is 1. The molecule has 2 aliphatic heterocycles. The van der Waals surface area contributed by atoms with E-state index in [0.29, 0.717) is 6.61 Å². The zero-order valence-electron chi connectivity index (χ0n) is 16.2. The third-order valence-electron chi connectivity index (χ3n) is 4.87. The minimum Gasteiger partial charge on any atom is -0.375 e. The van der Waals surface area contributed by atoms with E-state index in [1.807, 2.05) is 0 Å². The average Bonchev–Trinajstić information content (AvgIpc) is 3.38. The first-order chi connectivity index (χ1) is 13.1. The second-order valence-electron chi connectivity index (χ2n) is 7.09. The van der Waals surface area contributed by atoms with Crippen molar-refractivity contribution in [3.63, 3.8) is 0 Å². The number of ether oxygens (including phenoxy) is 2. The van der Waals surface area contributed by atoms with Gasteiger partial charge in [-0.25, -0.2) is 4.99 Å². The summed E-state index contributed by atoms with van der Waals surface area (Å²) in [6.45, 7) is 3.92. The zero-order valence-corrected chi connectivity index (χ0v) is 17.0. The molecule has 2 fully saturated rings. The smallest absolute Gasteiger partial charge is 0.243 e. The van der Waals surface area contributed by atoms with Gasteiger partial charge in [-0.05, 0) is 30.7 Å². The van der Waals surface area contributed by atoms with Crippen LogP contribution in [-0.4, -0.2) is 87.4 Å². The summed E-state index contributed by atoms with van der Waals surface area (Å²) in [7, 11) is 3.51. The van der Waals surface area contributed by atoms with Crippen LogP contribution in [0.2, 0.25) is 0 Å².